The predicted octanol–water partition coefficient (Wildman–Crippen LogP) is 4.30. The predicted molar refractivity (Wildman–Crippen MR) is 135 cm³/mol. The number of unbranched alkanes of at least 4 members (excludes halogenated alkanes) is 13. The first-order chi connectivity index (χ1) is 14.9. The highest BCUT2D eigenvalue weighted by Crippen LogP contribution is 2.05. The van der Waals surface area contributed by atoms with Crippen LogP contribution in [0.2, 0.25) is 0 Å². The van der Waals surface area contributed by atoms with Crippen LogP contribution in [0, 0.1) is 0 Å². The van der Waals surface area contributed by atoms with Crippen molar-refractivity contribution in [3.8, 4) is 0 Å². The Bertz CT molecular complexity index is 261. The Morgan fingerprint density at radius 2 is 0.467 bits per heavy atom. The first-order valence-corrected chi connectivity index (χ1v) is 13.4. The molecule has 0 saturated heterocycles. The lowest BCUT2D eigenvalue weighted by Gasteiger charge is -2.06. The molecule has 5 heteroatoms. The maximum absolute atomic E-state index is 5.50. The molecule has 7 N–H and O–H groups in total. The highest BCUT2D eigenvalue weighted by atomic mass is 14.8. The Morgan fingerprint density at radius 1 is 0.267 bits per heavy atom. The molecule has 0 heterocycles. The zero-order valence-corrected chi connectivity index (χ0v) is 20.3. The Hall–Kier alpha value is -0.200. The molecule has 5 nitrogen and oxygen atoms in total. The van der Waals surface area contributed by atoms with Gasteiger partial charge in [-0.2, -0.15) is 0 Å². The molecule has 182 valence electrons. The van der Waals surface area contributed by atoms with Crippen molar-refractivity contribution >= 4 is 0 Å². The fourth-order valence-electron chi connectivity index (χ4n) is 3.75. The highest BCUT2D eigenvalue weighted by molar-refractivity contribution is 4.55. The molecule has 0 amide bonds. The van der Waals surface area contributed by atoms with Crippen molar-refractivity contribution in [2.45, 2.75) is 109 Å². The summed E-state index contributed by atoms with van der Waals surface area (Å²) < 4.78 is 0. The fourth-order valence-corrected chi connectivity index (χ4v) is 3.75. The third-order valence-corrected chi connectivity index (χ3v) is 5.78. The largest absolute Gasteiger partial charge is 0.330 e. The molecule has 0 aliphatic carbocycles. The van der Waals surface area contributed by atoms with E-state index in [1.165, 1.54) is 142 Å². The average molecular weight is 428 g/mol. The van der Waals surface area contributed by atoms with Crippen molar-refractivity contribution in [3.05, 3.63) is 0 Å². The molecule has 0 spiro atoms. The lowest BCUT2D eigenvalue weighted by molar-refractivity contribution is 0.526. The molecular formula is C25H57N5. The zero-order valence-electron chi connectivity index (χ0n) is 20.3. The minimum absolute atomic E-state index is 0.837. The van der Waals surface area contributed by atoms with Crippen molar-refractivity contribution in [1.82, 2.24) is 16.0 Å². The number of nitrogens with two attached hydrogens (primary N) is 2. The van der Waals surface area contributed by atoms with Gasteiger partial charge in [0, 0.05) is 0 Å². The van der Waals surface area contributed by atoms with E-state index in [0.717, 1.165) is 19.6 Å². The van der Waals surface area contributed by atoms with Crippen LogP contribution in [0.25, 0.3) is 0 Å². The van der Waals surface area contributed by atoms with Crippen LogP contribution in [0.4, 0.5) is 0 Å². The van der Waals surface area contributed by atoms with Gasteiger partial charge in [0.25, 0.3) is 0 Å². The Balaban J connectivity index is 2.97. The molecule has 30 heavy (non-hydrogen) atoms. The maximum Gasteiger partial charge on any atom is -0.00489 e. The average Bonchev–Trinajstić information content (AvgIpc) is 2.76. The Labute approximate surface area is 189 Å². The van der Waals surface area contributed by atoms with E-state index in [9.17, 15) is 0 Å². The van der Waals surface area contributed by atoms with Crippen LogP contribution in [0.3, 0.4) is 0 Å². The summed E-state index contributed by atoms with van der Waals surface area (Å²) in [5, 5.41) is 10.7. The van der Waals surface area contributed by atoms with Gasteiger partial charge < -0.3 is 27.4 Å². The molecule has 0 radical (unpaired) electrons. The quantitative estimate of drug-likeness (QED) is 0.126. The molecule has 0 rings (SSSR count). The molecule has 0 aromatic carbocycles. The second kappa shape index (κ2) is 28.8. The fraction of sp³-hybridized carbons (Fsp3) is 1.00. The summed E-state index contributed by atoms with van der Waals surface area (Å²) in [5.41, 5.74) is 11.0. The summed E-state index contributed by atoms with van der Waals surface area (Å²) >= 11 is 0. The van der Waals surface area contributed by atoms with Crippen LogP contribution < -0.4 is 27.4 Å². The van der Waals surface area contributed by atoms with Crippen molar-refractivity contribution in [1.29, 1.82) is 0 Å². The summed E-state index contributed by atoms with van der Waals surface area (Å²) in [6.45, 7) is 8.79. The summed E-state index contributed by atoms with van der Waals surface area (Å²) in [4.78, 5) is 0. The molecule has 0 aromatic heterocycles. The topological polar surface area (TPSA) is 88.1 Å². The van der Waals surface area contributed by atoms with E-state index in [2.05, 4.69) is 16.0 Å². The van der Waals surface area contributed by atoms with Gasteiger partial charge in [-0.25, -0.2) is 0 Å². The van der Waals surface area contributed by atoms with Gasteiger partial charge in [0.1, 0.15) is 0 Å². The van der Waals surface area contributed by atoms with Gasteiger partial charge >= 0.3 is 0 Å². The van der Waals surface area contributed by atoms with E-state index in [1.54, 1.807) is 0 Å². The monoisotopic (exact) mass is 427 g/mol. The van der Waals surface area contributed by atoms with Gasteiger partial charge in [-0.3, -0.25) is 0 Å². The number of hydrogen-bond donors (Lipinski definition) is 5. The van der Waals surface area contributed by atoms with E-state index < -0.39 is 0 Å². The highest BCUT2D eigenvalue weighted by Gasteiger charge is 1.95. The number of hydrogen-bond acceptors (Lipinski definition) is 5. The summed E-state index contributed by atoms with van der Waals surface area (Å²) in [5.74, 6) is 0. The lowest BCUT2D eigenvalue weighted by atomic mass is 10.1. The summed E-state index contributed by atoms with van der Waals surface area (Å²) in [6.07, 6.45) is 22.5. The minimum atomic E-state index is 0.837. The first-order valence-electron chi connectivity index (χ1n) is 13.4. The first kappa shape index (κ1) is 29.8. The zero-order chi connectivity index (χ0) is 21.8. The van der Waals surface area contributed by atoms with E-state index in [1.807, 2.05) is 0 Å². The molecule has 0 bridgehead atoms. The standard InChI is InChI=1S/C25H57N5/c26-18-10-8-16-24-29-21-13-5-2-1-4-12-20-28-22-14-6-3-7-15-23-30-25-17-9-11-19-27/h28-30H,1-27H2. The molecule has 0 aliphatic rings. The van der Waals surface area contributed by atoms with Gasteiger partial charge in [-0.05, 0) is 104 Å². The molecular weight excluding hydrogens is 370 g/mol. The van der Waals surface area contributed by atoms with Gasteiger partial charge in [-0.1, -0.05) is 57.8 Å². The Kier molecular flexibility index (Phi) is 28.6. The van der Waals surface area contributed by atoms with Crippen LogP contribution in [-0.2, 0) is 0 Å². The number of rotatable bonds is 27. The van der Waals surface area contributed by atoms with Crippen LogP contribution in [0.1, 0.15) is 109 Å². The summed E-state index contributed by atoms with van der Waals surface area (Å²) in [7, 11) is 0. The maximum atomic E-state index is 5.50. The van der Waals surface area contributed by atoms with Gasteiger partial charge in [-0.15, -0.1) is 0 Å². The summed E-state index contributed by atoms with van der Waals surface area (Å²) in [6, 6.07) is 0. The smallest absolute Gasteiger partial charge is 0.00489 e. The van der Waals surface area contributed by atoms with E-state index in [4.69, 9.17) is 11.5 Å². The van der Waals surface area contributed by atoms with Crippen LogP contribution >= 0.6 is 0 Å². The van der Waals surface area contributed by atoms with Crippen molar-refractivity contribution in [2.24, 2.45) is 11.5 Å². The van der Waals surface area contributed by atoms with Crippen molar-refractivity contribution < 1.29 is 0 Å². The minimum Gasteiger partial charge on any atom is -0.330 e. The van der Waals surface area contributed by atoms with Gasteiger partial charge in [0.2, 0.25) is 0 Å². The van der Waals surface area contributed by atoms with E-state index >= 15 is 0 Å². The second-order valence-electron chi connectivity index (χ2n) is 8.84. The third kappa shape index (κ3) is 27.8. The van der Waals surface area contributed by atoms with E-state index in [-0.39, 0.29) is 0 Å². The number of nitrogens with one attached hydrogen (secondary N) is 3. The lowest BCUT2D eigenvalue weighted by Crippen LogP contribution is -2.17. The Morgan fingerprint density at radius 3 is 0.700 bits per heavy atom. The third-order valence-electron chi connectivity index (χ3n) is 5.78. The molecule has 0 fully saturated rings. The normalized spacial score (nSPS) is 11.4. The second-order valence-corrected chi connectivity index (χ2v) is 8.84. The van der Waals surface area contributed by atoms with Crippen LogP contribution in [0.15, 0.2) is 0 Å². The van der Waals surface area contributed by atoms with Crippen molar-refractivity contribution in [3.63, 3.8) is 0 Å². The van der Waals surface area contributed by atoms with Gasteiger partial charge in [0.15, 0.2) is 0 Å². The van der Waals surface area contributed by atoms with Crippen LogP contribution in [0.5, 0.6) is 0 Å². The molecule has 0 aromatic rings. The van der Waals surface area contributed by atoms with E-state index in [0.29, 0.717) is 0 Å². The SMILES string of the molecule is NCCCCCNCCCCCCCCNCCCCCCCNCCCCCN. The molecule has 0 atom stereocenters. The molecule has 0 unspecified atom stereocenters. The molecule has 0 aliphatic heterocycles. The van der Waals surface area contributed by atoms with Gasteiger partial charge in [0.05, 0.1) is 0 Å². The van der Waals surface area contributed by atoms with Crippen LogP contribution in [-0.4, -0.2) is 52.4 Å². The van der Waals surface area contributed by atoms with Crippen molar-refractivity contribution in [2.75, 3.05) is 52.4 Å². The molecule has 0 saturated carbocycles.